The minimum Gasteiger partial charge on any atom is -0.461 e. The third-order valence-electron chi connectivity index (χ3n) is 8.89. The van der Waals surface area contributed by atoms with Gasteiger partial charge in [0.1, 0.15) is 11.5 Å². The van der Waals surface area contributed by atoms with Crippen LogP contribution in [0.5, 0.6) is 0 Å². The van der Waals surface area contributed by atoms with E-state index in [0.29, 0.717) is 12.8 Å². The molecule has 2 N–H and O–H groups in total. The number of hydrogen-bond donors (Lipinski definition) is 2. The van der Waals surface area contributed by atoms with Gasteiger partial charge in [-0.3, -0.25) is 9.59 Å². The van der Waals surface area contributed by atoms with Crippen LogP contribution in [-0.2, 0) is 19.1 Å². The van der Waals surface area contributed by atoms with Gasteiger partial charge in [-0.25, -0.2) is 0 Å². The average Bonchev–Trinajstić information content (AvgIpc) is 3.03. The number of ketones is 1. The number of Topliss-reactive ketones (excluding diaryl/α,β-unsaturated/α-hetero) is 1. The van der Waals surface area contributed by atoms with Crippen molar-refractivity contribution in [2.24, 2.45) is 39.9 Å². The Labute approximate surface area is 153 Å². The van der Waals surface area contributed by atoms with E-state index in [2.05, 4.69) is 0 Å². The number of aliphatic hydroxyl groups excluding tert-OH is 2. The van der Waals surface area contributed by atoms with Crippen LogP contribution in [0.4, 0.5) is 0 Å². The fourth-order valence-electron chi connectivity index (χ4n) is 7.56. The lowest BCUT2D eigenvalue weighted by Gasteiger charge is -2.62. The molecule has 3 saturated carbocycles. The standard InChI is InChI=1S/C20H28O6/c1-9-10-4-5-11-19(7-10,15(9)22)17(24)26-13-6-12(21)18(2,3)14-16(23)25-8-20(11,13)14/h9-14,16,21,23H,4-8H2,1-3H3/t9-,10+,11-,12+,13+,14-,16-,19+,20?/m1/s1. The van der Waals surface area contributed by atoms with Gasteiger partial charge in [0.2, 0.25) is 0 Å². The number of esters is 1. The van der Waals surface area contributed by atoms with Gasteiger partial charge in [-0.05, 0) is 36.5 Å². The molecular weight excluding hydrogens is 336 g/mol. The Balaban J connectivity index is 1.71. The van der Waals surface area contributed by atoms with Crippen molar-refractivity contribution in [2.75, 3.05) is 6.61 Å². The summed E-state index contributed by atoms with van der Waals surface area (Å²) in [5.41, 5.74) is -2.26. The van der Waals surface area contributed by atoms with Gasteiger partial charge in [-0.15, -0.1) is 0 Å². The van der Waals surface area contributed by atoms with Gasteiger partial charge >= 0.3 is 5.97 Å². The number of rotatable bonds is 0. The zero-order valence-electron chi connectivity index (χ0n) is 15.6. The van der Waals surface area contributed by atoms with Crippen molar-refractivity contribution >= 4 is 11.8 Å². The normalized spacial score (nSPS) is 57.2. The molecule has 3 aliphatic carbocycles. The second kappa shape index (κ2) is 4.89. The van der Waals surface area contributed by atoms with Gasteiger partial charge in [0.25, 0.3) is 0 Å². The Morgan fingerprint density at radius 2 is 1.88 bits per heavy atom. The molecule has 0 amide bonds. The maximum atomic E-state index is 13.3. The van der Waals surface area contributed by atoms with E-state index in [0.717, 1.165) is 12.8 Å². The first-order valence-electron chi connectivity index (χ1n) is 9.90. The SMILES string of the molecule is C[C@H]1C(=O)[C@]23C[C@@H]1CC[C@H]2C12CO[C@@H](O)[C@@H]1C(C)(C)[C@@H](O)C[C@@H]2OC3=O. The molecule has 26 heavy (non-hydrogen) atoms. The average molecular weight is 364 g/mol. The van der Waals surface area contributed by atoms with Crippen molar-refractivity contribution in [3.63, 3.8) is 0 Å². The first-order chi connectivity index (χ1) is 12.2. The summed E-state index contributed by atoms with van der Waals surface area (Å²) in [7, 11) is 0. The molecule has 2 aliphatic heterocycles. The first kappa shape index (κ1) is 17.1. The van der Waals surface area contributed by atoms with E-state index in [9.17, 15) is 19.8 Å². The highest BCUT2D eigenvalue weighted by molar-refractivity contribution is 6.07. The van der Waals surface area contributed by atoms with Crippen molar-refractivity contribution in [1.29, 1.82) is 0 Å². The largest absolute Gasteiger partial charge is 0.461 e. The maximum Gasteiger partial charge on any atom is 0.320 e. The van der Waals surface area contributed by atoms with Crippen molar-refractivity contribution in [2.45, 2.75) is 65.0 Å². The lowest BCUT2D eigenvalue weighted by molar-refractivity contribution is -0.253. The molecule has 0 aromatic carbocycles. The van der Waals surface area contributed by atoms with Crippen molar-refractivity contribution < 1.29 is 29.3 Å². The summed E-state index contributed by atoms with van der Waals surface area (Å²) in [5.74, 6) is -0.792. The third kappa shape index (κ3) is 1.62. The van der Waals surface area contributed by atoms with Crippen LogP contribution >= 0.6 is 0 Å². The zero-order chi connectivity index (χ0) is 18.6. The van der Waals surface area contributed by atoms with E-state index in [1.54, 1.807) is 0 Å². The molecular formula is C20H28O6. The van der Waals surface area contributed by atoms with Crippen molar-refractivity contribution in [3.8, 4) is 0 Å². The molecule has 0 aromatic rings. The van der Waals surface area contributed by atoms with Crippen LogP contribution in [0.3, 0.4) is 0 Å². The Kier molecular flexibility index (Phi) is 3.22. The van der Waals surface area contributed by atoms with Crippen LogP contribution < -0.4 is 0 Å². The van der Waals surface area contributed by atoms with Crippen molar-refractivity contribution in [1.82, 2.24) is 0 Å². The molecule has 6 heteroatoms. The number of aliphatic hydroxyl groups is 2. The number of hydrogen-bond acceptors (Lipinski definition) is 6. The van der Waals surface area contributed by atoms with Gasteiger partial charge in [-0.1, -0.05) is 20.8 Å². The van der Waals surface area contributed by atoms with E-state index in [4.69, 9.17) is 9.47 Å². The fraction of sp³-hybridized carbons (Fsp3) is 0.900. The van der Waals surface area contributed by atoms with Crippen LogP contribution in [0.1, 0.15) is 46.5 Å². The van der Waals surface area contributed by atoms with Gasteiger partial charge in [0, 0.05) is 23.7 Å². The highest BCUT2D eigenvalue weighted by Crippen LogP contribution is 2.71. The number of carbonyl (C=O) groups is 2. The molecule has 2 saturated heterocycles. The fourth-order valence-corrected chi connectivity index (χ4v) is 7.56. The summed E-state index contributed by atoms with van der Waals surface area (Å²) in [6.45, 7) is 6.12. The third-order valence-corrected chi connectivity index (χ3v) is 8.89. The van der Waals surface area contributed by atoms with E-state index in [1.807, 2.05) is 20.8 Å². The summed E-state index contributed by atoms with van der Waals surface area (Å²) in [4.78, 5) is 26.4. The van der Waals surface area contributed by atoms with E-state index < -0.39 is 40.7 Å². The summed E-state index contributed by atoms with van der Waals surface area (Å²) in [6, 6.07) is 0. The highest BCUT2D eigenvalue weighted by atomic mass is 16.6. The molecule has 0 aromatic heterocycles. The number of carbonyl (C=O) groups excluding carboxylic acids is 2. The second-order valence-electron chi connectivity index (χ2n) is 9.98. The van der Waals surface area contributed by atoms with Crippen LogP contribution in [0.2, 0.25) is 0 Å². The Morgan fingerprint density at radius 1 is 1.15 bits per heavy atom. The van der Waals surface area contributed by atoms with Crippen LogP contribution in [0.25, 0.3) is 0 Å². The molecule has 2 heterocycles. The molecule has 0 radical (unpaired) electrons. The zero-order valence-corrected chi connectivity index (χ0v) is 15.6. The van der Waals surface area contributed by atoms with Crippen LogP contribution in [-0.4, -0.2) is 47.1 Å². The summed E-state index contributed by atoms with van der Waals surface area (Å²) < 4.78 is 11.6. The topological polar surface area (TPSA) is 93.1 Å². The molecule has 2 spiro atoms. The van der Waals surface area contributed by atoms with E-state index in [1.165, 1.54) is 0 Å². The van der Waals surface area contributed by atoms with Gasteiger partial charge in [0.05, 0.1) is 12.7 Å². The van der Waals surface area contributed by atoms with Crippen molar-refractivity contribution in [3.05, 3.63) is 0 Å². The van der Waals surface area contributed by atoms with Gasteiger partial charge in [0.15, 0.2) is 12.1 Å². The molecule has 5 rings (SSSR count). The van der Waals surface area contributed by atoms with Crippen LogP contribution in [0, 0.1) is 39.9 Å². The molecule has 144 valence electrons. The van der Waals surface area contributed by atoms with E-state index in [-0.39, 0.29) is 36.1 Å². The Morgan fingerprint density at radius 3 is 2.62 bits per heavy atom. The molecule has 6 nitrogen and oxygen atoms in total. The molecule has 5 aliphatic rings. The molecule has 2 bridgehead atoms. The predicted octanol–water partition coefficient (Wildman–Crippen LogP) is 1.28. The summed E-state index contributed by atoms with van der Waals surface area (Å²) in [6.07, 6.45) is 0.400. The molecule has 1 unspecified atom stereocenters. The summed E-state index contributed by atoms with van der Waals surface area (Å²) in [5, 5.41) is 21.4. The summed E-state index contributed by atoms with van der Waals surface area (Å²) >= 11 is 0. The number of ether oxygens (including phenoxy) is 2. The Hall–Kier alpha value is -0.980. The maximum absolute atomic E-state index is 13.3. The smallest absolute Gasteiger partial charge is 0.320 e. The highest BCUT2D eigenvalue weighted by Gasteiger charge is 2.78. The van der Waals surface area contributed by atoms with Crippen LogP contribution in [0.15, 0.2) is 0 Å². The predicted molar refractivity (Wildman–Crippen MR) is 89.6 cm³/mol. The number of fused-ring (bicyclic) bond motifs is 1. The van der Waals surface area contributed by atoms with E-state index >= 15 is 0 Å². The minimum atomic E-state index is -1.08. The minimum absolute atomic E-state index is 0.0203. The lowest BCUT2D eigenvalue weighted by Crippen LogP contribution is -2.70. The first-order valence-corrected chi connectivity index (χ1v) is 9.90. The van der Waals surface area contributed by atoms with Gasteiger partial charge < -0.3 is 19.7 Å². The molecule has 9 atom stereocenters. The quantitative estimate of drug-likeness (QED) is 0.497. The second-order valence-corrected chi connectivity index (χ2v) is 9.98. The monoisotopic (exact) mass is 364 g/mol. The lowest BCUT2D eigenvalue weighted by atomic mass is 9.43. The Bertz CT molecular complexity index is 688. The molecule has 5 fully saturated rings. The van der Waals surface area contributed by atoms with Gasteiger partial charge in [-0.2, -0.15) is 0 Å².